The zero-order valence-electron chi connectivity index (χ0n) is 12.1. The number of carbonyl (C=O) groups excluding carboxylic acids is 1. The van der Waals surface area contributed by atoms with Gasteiger partial charge >= 0.3 is 0 Å². The minimum absolute atomic E-state index is 0.126. The molecule has 0 bridgehead atoms. The number of amides is 1. The van der Waals surface area contributed by atoms with Crippen molar-refractivity contribution < 1.29 is 4.79 Å². The first-order valence-electron chi connectivity index (χ1n) is 6.92. The molecular weight excluding hydrogens is 284 g/mol. The number of rotatable bonds is 4. The number of aromatic nitrogens is 1. The van der Waals surface area contributed by atoms with Crippen molar-refractivity contribution in [2.75, 3.05) is 23.0 Å². The Kier molecular flexibility index (Phi) is 3.55. The lowest BCUT2D eigenvalue weighted by Crippen LogP contribution is -2.26. The van der Waals surface area contributed by atoms with Crippen molar-refractivity contribution in [3.05, 3.63) is 34.7 Å². The van der Waals surface area contributed by atoms with Gasteiger partial charge in [-0.15, -0.1) is 0 Å². The number of hydrogen-bond donors (Lipinski definition) is 2. The van der Waals surface area contributed by atoms with E-state index in [1.807, 2.05) is 31.2 Å². The molecule has 0 aliphatic heterocycles. The average Bonchev–Trinajstić information content (AvgIpc) is 3.19. The highest BCUT2D eigenvalue weighted by Gasteiger charge is 2.25. The summed E-state index contributed by atoms with van der Waals surface area (Å²) >= 11 is 1.32. The van der Waals surface area contributed by atoms with Gasteiger partial charge in [-0.3, -0.25) is 4.79 Å². The quantitative estimate of drug-likeness (QED) is 0.911. The van der Waals surface area contributed by atoms with E-state index in [9.17, 15) is 4.79 Å². The van der Waals surface area contributed by atoms with Crippen LogP contribution >= 0.6 is 11.3 Å². The van der Waals surface area contributed by atoms with Crippen molar-refractivity contribution in [2.45, 2.75) is 25.8 Å². The zero-order chi connectivity index (χ0) is 15.0. The molecule has 6 heteroatoms. The normalized spacial score (nSPS) is 14.0. The van der Waals surface area contributed by atoms with Crippen LogP contribution in [0.3, 0.4) is 0 Å². The number of anilines is 3. The van der Waals surface area contributed by atoms with Crippen molar-refractivity contribution in [3.63, 3.8) is 0 Å². The molecule has 110 valence electrons. The highest BCUT2D eigenvalue weighted by Crippen LogP contribution is 2.31. The lowest BCUT2D eigenvalue weighted by molar-refractivity contribution is 0.0997. The van der Waals surface area contributed by atoms with E-state index in [0.717, 1.165) is 29.2 Å². The van der Waals surface area contributed by atoms with Gasteiger partial charge in [0.1, 0.15) is 10.7 Å². The van der Waals surface area contributed by atoms with E-state index in [-0.39, 0.29) is 5.91 Å². The molecule has 0 unspecified atom stereocenters. The summed E-state index contributed by atoms with van der Waals surface area (Å²) in [7, 11) is 1.75. The van der Waals surface area contributed by atoms with Gasteiger partial charge in [-0.25, -0.2) is 4.98 Å². The molecule has 2 aromatic rings. The Morgan fingerprint density at radius 1 is 1.48 bits per heavy atom. The molecule has 0 atom stereocenters. The van der Waals surface area contributed by atoms with Crippen LogP contribution in [0.15, 0.2) is 24.3 Å². The Balaban J connectivity index is 1.82. The second kappa shape index (κ2) is 5.37. The van der Waals surface area contributed by atoms with Crippen LogP contribution in [0.5, 0.6) is 0 Å². The van der Waals surface area contributed by atoms with Crippen molar-refractivity contribution in [2.24, 2.45) is 0 Å². The van der Waals surface area contributed by atoms with Crippen molar-refractivity contribution in [1.29, 1.82) is 0 Å². The van der Waals surface area contributed by atoms with Crippen molar-refractivity contribution in [3.8, 4) is 0 Å². The Hall–Kier alpha value is -2.08. The van der Waals surface area contributed by atoms with Crippen LogP contribution in [-0.4, -0.2) is 24.0 Å². The number of benzene rings is 1. The number of nitrogens with zero attached hydrogens (tertiary/aromatic N) is 2. The molecule has 1 saturated carbocycles. The number of nitrogen functional groups attached to an aromatic ring is 1. The fourth-order valence-electron chi connectivity index (χ4n) is 2.06. The molecule has 1 aliphatic rings. The van der Waals surface area contributed by atoms with E-state index in [0.29, 0.717) is 16.7 Å². The van der Waals surface area contributed by atoms with E-state index in [4.69, 9.17) is 5.73 Å². The first-order chi connectivity index (χ1) is 10.0. The molecule has 1 amide bonds. The minimum Gasteiger partial charge on any atom is -0.382 e. The number of nitrogens with one attached hydrogen (secondary N) is 1. The van der Waals surface area contributed by atoms with E-state index < -0.39 is 0 Å². The van der Waals surface area contributed by atoms with E-state index >= 15 is 0 Å². The van der Waals surface area contributed by atoms with Crippen LogP contribution in [0.4, 0.5) is 16.6 Å². The van der Waals surface area contributed by atoms with Crippen molar-refractivity contribution >= 4 is 33.9 Å². The Morgan fingerprint density at radius 3 is 2.90 bits per heavy atom. The monoisotopic (exact) mass is 302 g/mol. The molecule has 0 saturated heterocycles. The molecule has 3 rings (SSSR count). The van der Waals surface area contributed by atoms with E-state index in [1.165, 1.54) is 11.3 Å². The van der Waals surface area contributed by atoms with Crippen LogP contribution in [-0.2, 0) is 0 Å². The topological polar surface area (TPSA) is 71.2 Å². The molecule has 1 fully saturated rings. The minimum atomic E-state index is -0.126. The molecule has 5 nitrogen and oxygen atoms in total. The predicted octanol–water partition coefficient (Wildman–Crippen LogP) is 2.88. The third-order valence-corrected chi connectivity index (χ3v) is 4.44. The number of thiazole rings is 1. The highest BCUT2D eigenvalue weighted by molar-refractivity contribution is 7.18. The maximum absolute atomic E-state index is 12.6. The highest BCUT2D eigenvalue weighted by atomic mass is 32.1. The van der Waals surface area contributed by atoms with Gasteiger partial charge < -0.3 is 16.0 Å². The molecule has 1 heterocycles. The summed E-state index contributed by atoms with van der Waals surface area (Å²) < 4.78 is 0. The molecule has 0 spiro atoms. The molecule has 1 aliphatic carbocycles. The standard InChI is InChI=1S/C15H18N4OS/c1-9-4-3-5-11(8-9)19(2)14(20)12-13(16)18-15(21-12)17-10-6-7-10/h3-5,8,10H,6-7,16H2,1-2H3,(H,17,18). The fourth-order valence-corrected chi connectivity index (χ4v) is 2.99. The smallest absolute Gasteiger partial charge is 0.272 e. The van der Waals surface area contributed by atoms with Crippen LogP contribution in [0.2, 0.25) is 0 Å². The number of nitrogens with two attached hydrogens (primary N) is 1. The number of hydrogen-bond acceptors (Lipinski definition) is 5. The Labute approximate surface area is 127 Å². The first-order valence-corrected chi connectivity index (χ1v) is 7.74. The third kappa shape index (κ3) is 3.00. The van der Waals surface area contributed by atoms with Gasteiger partial charge in [0.05, 0.1) is 0 Å². The lowest BCUT2D eigenvalue weighted by Gasteiger charge is -2.16. The Morgan fingerprint density at radius 2 is 2.24 bits per heavy atom. The fraction of sp³-hybridized carbons (Fsp3) is 0.333. The molecular formula is C15H18N4OS. The summed E-state index contributed by atoms with van der Waals surface area (Å²) in [6.45, 7) is 2.00. The van der Waals surface area contributed by atoms with Gasteiger partial charge in [-0.2, -0.15) is 0 Å². The zero-order valence-corrected chi connectivity index (χ0v) is 12.9. The average molecular weight is 302 g/mol. The Bertz CT molecular complexity index is 678. The summed E-state index contributed by atoms with van der Waals surface area (Å²) in [5.74, 6) is 0.173. The summed E-state index contributed by atoms with van der Waals surface area (Å²) in [4.78, 5) is 18.9. The predicted molar refractivity (Wildman–Crippen MR) is 87.1 cm³/mol. The second-order valence-corrected chi connectivity index (χ2v) is 6.35. The summed E-state index contributed by atoms with van der Waals surface area (Å²) in [6, 6.07) is 8.31. The summed E-state index contributed by atoms with van der Waals surface area (Å²) in [5.41, 5.74) is 7.86. The van der Waals surface area contributed by atoms with Crippen LogP contribution in [0, 0.1) is 6.92 Å². The van der Waals surface area contributed by atoms with Crippen LogP contribution in [0.25, 0.3) is 0 Å². The summed E-state index contributed by atoms with van der Waals surface area (Å²) in [5, 5.41) is 4.01. The van der Waals surface area contributed by atoms with Gasteiger partial charge in [0.2, 0.25) is 0 Å². The van der Waals surface area contributed by atoms with Crippen LogP contribution in [0.1, 0.15) is 28.1 Å². The SMILES string of the molecule is Cc1cccc(N(C)C(=O)c2sc(NC3CC3)nc2N)c1. The molecule has 1 aromatic carbocycles. The molecule has 21 heavy (non-hydrogen) atoms. The number of carbonyl (C=O) groups is 1. The summed E-state index contributed by atoms with van der Waals surface area (Å²) in [6.07, 6.45) is 2.32. The lowest BCUT2D eigenvalue weighted by atomic mass is 10.2. The number of aryl methyl sites for hydroxylation is 1. The third-order valence-electron chi connectivity index (χ3n) is 3.45. The van der Waals surface area contributed by atoms with E-state index in [2.05, 4.69) is 10.3 Å². The van der Waals surface area contributed by atoms with Crippen molar-refractivity contribution in [1.82, 2.24) is 4.98 Å². The first kappa shape index (κ1) is 13.9. The second-order valence-electron chi connectivity index (χ2n) is 5.36. The van der Waals surface area contributed by atoms with E-state index in [1.54, 1.807) is 11.9 Å². The van der Waals surface area contributed by atoms with Gasteiger partial charge in [-0.05, 0) is 37.5 Å². The largest absolute Gasteiger partial charge is 0.382 e. The molecule has 1 aromatic heterocycles. The molecule has 0 radical (unpaired) electrons. The van der Waals surface area contributed by atoms with Gasteiger partial charge in [0, 0.05) is 18.8 Å². The molecule has 3 N–H and O–H groups in total. The maximum Gasteiger partial charge on any atom is 0.272 e. The van der Waals surface area contributed by atoms with Crippen LogP contribution < -0.4 is 16.0 Å². The van der Waals surface area contributed by atoms with Gasteiger partial charge in [0.15, 0.2) is 5.13 Å². The van der Waals surface area contributed by atoms with Gasteiger partial charge in [0.25, 0.3) is 5.91 Å². The maximum atomic E-state index is 12.6. The van der Waals surface area contributed by atoms with Gasteiger partial charge in [-0.1, -0.05) is 23.5 Å².